The molecular weight excluding hydrogens is 366 g/mol. The molecule has 0 saturated carbocycles. The van der Waals surface area contributed by atoms with E-state index in [-0.39, 0.29) is 28.9 Å². The molecule has 0 spiro atoms. The summed E-state index contributed by atoms with van der Waals surface area (Å²) in [4.78, 5) is 3.79. The molecule has 0 aliphatic heterocycles. The number of pyridine rings is 1. The van der Waals surface area contributed by atoms with Crippen LogP contribution in [0.25, 0.3) is 0 Å². The molecule has 0 N–H and O–H groups in total. The van der Waals surface area contributed by atoms with E-state index >= 15 is 0 Å². The van der Waals surface area contributed by atoms with Crippen molar-refractivity contribution >= 4 is 37.6 Å². The minimum absolute atomic E-state index is 0.0490. The van der Waals surface area contributed by atoms with Gasteiger partial charge in [0.25, 0.3) is 0 Å². The van der Waals surface area contributed by atoms with Crippen LogP contribution in [0.1, 0.15) is 20.3 Å². The third-order valence-electron chi connectivity index (χ3n) is 2.43. The summed E-state index contributed by atoms with van der Waals surface area (Å²) in [5.74, 6) is 0.141. The van der Waals surface area contributed by atoms with Gasteiger partial charge in [-0.15, -0.1) is 0 Å². The van der Waals surface area contributed by atoms with E-state index < -0.39 is 10.0 Å². The number of nitriles is 1. The molecule has 20 heavy (non-hydrogen) atoms. The Bertz CT molecular complexity index is 614. The molecule has 0 aromatic carbocycles. The van der Waals surface area contributed by atoms with Crippen LogP contribution in [0.15, 0.2) is 21.6 Å². The summed E-state index contributed by atoms with van der Waals surface area (Å²) in [6.07, 6.45) is 1.56. The number of hydrogen-bond acceptors (Lipinski definition) is 4. The zero-order valence-corrected chi connectivity index (χ0v) is 14.3. The Morgan fingerprint density at radius 1 is 1.55 bits per heavy atom. The van der Waals surface area contributed by atoms with Gasteiger partial charge in [-0.05, 0) is 27.9 Å². The normalized spacial score (nSPS) is 11.8. The fourth-order valence-corrected chi connectivity index (χ4v) is 4.14. The number of nitrogens with zero attached hydrogens (tertiary/aromatic N) is 3. The van der Waals surface area contributed by atoms with E-state index in [1.54, 1.807) is 0 Å². The van der Waals surface area contributed by atoms with Gasteiger partial charge >= 0.3 is 0 Å². The molecule has 0 saturated heterocycles. The average Bonchev–Trinajstić information content (AvgIpc) is 2.36. The summed E-state index contributed by atoms with van der Waals surface area (Å²) in [5.41, 5.74) is 0. The van der Waals surface area contributed by atoms with Crippen LogP contribution in [0.3, 0.4) is 0 Å². The van der Waals surface area contributed by atoms with Crippen LogP contribution >= 0.6 is 27.5 Å². The molecule has 0 atom stereocenters. The molecule has 0 unspecified atom stereocenters. The lowest BCUT2D eigenvalue weighted by molar-refractivity contribution is 0.373. The monoisotopic (exact) mass is 379 g/mol. The predicted molar refractivity (Wildman–Crippen MR) is 80.8 cm³/mol. The zero-order chi connectivity index (χ0) is 15.3. The molecule has 1 aromatic heterocycles. The van der Waals surface area contributed by atoms with Crippen LogP contribution in [0.2, 0.25) is 5.15 Å². The van der Waals surface area contributed by atoms with E-state index in [4.69, 9.17) is 16.9 Å². The molecule has 0 aliphatic rings. The van der Waals surface area contributed by atoms with Gasteiger partial charge in [0, 0.05) is 30.2 Å². The highest BCUT2D eigenvalue weighted by Crippen LogP contribution is 2.26. The Morgan fingerprint density at radius 3 is 2.75 bits per heavy atom. The van der Waals surface area contributed by atoms with Gasteiger partial charge < -0.3 is 0 Å². The lowest BCUT2D eigenvalue weighted by Crippen LogP contribution is -2.35. The van der Waals surface area contributed by atoms with Crippen LogP contribution in [-0.2, 0) is 10.0 Å². The first kappa shape index (κ1) is 17.4. The van der Waals surface area contributed by atoms with Gasteiger partial charge in [-0.2, -0.15) is 9.57 Å². The molecule has 1 aromatic rings. The predicted octanol–water partition coefficient (Wildman–Crippen LogP) is 3.06. The highest BCUT2D eigenvalue weighted by Gasteiger charge is 2.28. The second-order valence-electron chi connectivity index (χ2n) is 4.61. The first-order chi connectivity index (χ1) is 9.28. The maximum absolute atomic E-state index is 12.6. The van der Waals surface area contributed by atoms with Crippen molar-refractivity contribution in [1.29, 1.82) is 5.26 Å². The Hall–Kier alpha value is -0.680. The molecular formula is C12H15BrClN3O2S. The number of hydrogen-bond donors (Lipinski definition) is 0. The van der Waals surface area contributed by atoms with E-state index in [9.17, 15) is 8.42 Å². The van der Waals surface area contributed by atoms with E-state index in [0.29, 0.717) is 11.0 Å². The number of sulfonamides is 1. The van der Waals surface area contributed by atoms with Gasteiger partial charge in [0.05, 0.1) is 6.07 Å². The molecule has 110 valence electrons. The second kappa shape index (κ2) is 7.36. The van der Waals surface area contributed by atoms with Crippen LogP contribution in [0.4, 0.5) is 0 Å². The van der Waals surface area contributed by atoms with E-state index in [2.05, 4.69) is 20.9 Å². The molecule has 0 aliphatic carbocycles. The van der Waals surface area contributed by atoms with Gasteiger partial charge in [0.15, 0.2) is 0 Å². The minimum atomic E-state index is -3.76. The van der Waals surface area contributed by atoms with Crippen molar-refractivity contribution in [2.24, 2.45) is 5.92 Å². The zero-order valence-electron chi connectivity index (χ0n) is 11.2. The molecule has 0 radical (unpaired) electrons. The van der Waals surface area contributed by atoms with E-state index in [0.717, 1.165) is 0 Å². The smallest absolute Gasteiger partial charge is 0.242 e. The molecule has 1 rings (SSSR count). The molecule has 1 heterocycles. The van der Waals surface area contributed by atoms with Crippen LogP contribution in [0.5, 0.6) is 0 Å². The summed E-state index contributed by atoms with van der Waals surface area (Å²) in [7, 11) is -3.76. The first-order valence-electron chi connectivity index (χ1n) is 5.97. The highest BCUT2D eigenvalue weighted by molar-refractivity contribution is 9.10. The van der Waals surface area contributed by atoms with Crippen molar-refractivity contribution in [3.63, 3.8) is 0 Å². The summed E-state index contributed by atoms with van der Waals surface area (Å²) in [6.45, 7) is 4.29. The maximum atomic E-state index is 12.6. The van der Waals surface area contributed by atoms with Gasteiger partial charge in [-0.1, -0.05) is 25.4 Å². The standard InChI is InChI=1S/C12H15BrClN3O2S/c1-9(2)8-17(5-3-4-15)20(18,19)11-6-10(13)7-16-12(11)14/h6-7,9H,3,5,8H2,1-2H3. The Morgan fingerprint density at radius 2 is 2.20 bits per heavy atom. The van der Waals surface area contributed by atoms with Crippen molar-refractivity contribution in [3.05, 3.63) is 21.9 Å². The minimum Gasteiger partial charge on any atom is -0.242 e. The molecule has 0 amide bonds. The van der Waals surface area contributed by atoms with E-state index in [1.807, 2.05) is 19.9 Å². The third-order valence-corrected chi connectivity index (χ3v) is 5.16. The van der Waals surface area contributed by atoms with Gasteiger partial charge in [0.1, 0.15) is 10.0 Å². The van der Waals surface area contributed by atoms with Crippen molar-refractivity contribution < 1.29 is 8.42 Å². The van der Waals surface area contributed by atoms with Crippen molar-refractivity contribution in [2.45, 2.75) is 25.2 Å². The van der Waals surface area contributed by atoms with Crippen LogP contribution < -0.4 is 0 Å². The Balaban J connectivity index is 3.21. The van der Waals surface area contributed by atoms with Crippen LogP contribution in [0, 0.1) is 17.2 Å². The lowest BCUT2D eigenvalue weighted by Gasteiger charge is -2.23. The summed E-state index contributed by atoms with van der Waals surface area (Å²) in [6, 6.07) is 3.38. The lowest BCUT2D eigenvalue weighted by atomic mass is 10.2. The second-order valence-corrected chi connectivity index (χ2v) is 7.79. The largest absolute Gasteiger partial charge is 0.246 e. The number of rotatable bonds is 6. The SMILES string of the molecule is CC(C)CN(CCC#N)S(=O)(=O)c1cc(Br)cnc1Cl. The molecule has 0 fully saturated rings. The van der Waals surface area contributed by atoms with Gasteiger partial charge in [-0.3, -0.25) is 0 Å². The van der Waals surface area contributed by atoms with Crippen molar-refractivity contribution in [1.82, 2.24) is 9.29 Å². The third kappa shape index (κ3) is 4.42. The quantitative estimate of drug-likeness (QED) is 0.711. The van der Waals surface area contributed by atoms with Crippen LogP contribution in [-0.4, -0.2) is 30.8 Å². The average molecular weight is 381 g/mol. The van der Waals surface area contributed by atoms with Crippen molar-refractivity contribution in [2.75, 3.05) is 13.1 Å². The highest BCUT2D eigenvalue weighted by atomic mass is 79.9. The van der Waals surface area contributed by atoms with E-state index in [1.165, 1.54) is 16.6 Å². The van der Waals surface area contributed by atoms with Gasteiger partial charge in [-0.25, -0.2) is 13.4 Å². The Labute approximate surface area is 132 Å². The molecule has 0 bridgehead atoms. The summed E-state index contributed by atoms with van der Waals surface area (Å²) < 4.78 is 27.0. The van der Waals surface area contributed by atoms with Crippen molar-refractivity contribution in [3.8, 4) is 6.07 Å². The van der Waals surface area contributed by atoms with Gasteiger partial charge in [0.2, 0.25) is 10.0 Å². The number of aromatic nitrogens is 1. The first-order valence-corrected chi connectivity index (χ1v) is 8.58. The summed E-state index contributed by atoms with van der Waals surface area (Å²) >= 11 is 9.08. The number of halogens is 2. The fraction of sp³-hybridized carbons (Fsp3) is 0.500. The molecule has 8 heteroatoms. The maximum Gasteiger partial charge on any atom is 0.246 e. The summed E-state index contributed by atoms with van der Waals surface area (Å²) in [5, 5.41) is 8.60. The Kier molecular flexibility index (Phi) is 6.40. The fourth-order valence-electron chi connectivity index (χ4n) is 1.62. The molecule has 5 nitrogen and oxygen atoms in total. The topological polar surface area (TPSA) is 74.1 Å².